The summed E-state index contributed by atoms with van der Waals surface area (Å²) in [6.07, 6.45) is 0. The summed E-state index contributed by atoms with van der Waals surface area (Å²) in [6, 6.07) is 10.4. The first-order chi connectivity index (χ1) is 10.4. The Morgan fingerprint density at radius 2 is 1.91 bits per heavy atom. The van der Waals surface area contributed by atoms with Gasteiger partial charge >= 0.3 is 0 Å². The second-order valence-electron chi connectivity index (χ2n) is 5.10. The molecule has 0 fully saturated rings. The molecule has 0 aliphatic heterocycles. The zero-order valence-electron chi connectivity index (χ0n) is 12.1. The third-order valence-corrected chi connectivity index (χ3v) is 6.54. The van der Waals surface area contributed by atoms with Crippen molar-refractivity contribution < 1.29 is 8.42 Å². The molecule has 0 unspecified atom stereocenters. The van der Waals surface area contributed by atoms with Crippen molar-refractivity contribution in [2.75, 3.05) is 4.72 Å². The number of fused-ring (bicyclic) bond motifs is 1. The van der Waals surface area contributed by atoms with E-state index in [9.17, 15) is 8.42 Å². The van der Waals surface area contributed by atoms with Crippen LogP contribution in [0.3, 0.4) is 0 Å². The second-order valence-corrected chi connectivity index (χ2v) is 8.07. The number of thiophene rings is 1. The summed E-state index contributed by atoms with van der Waals surface area (Å²) < 4.78 is 28.9. The molecular formula is C16H14ClNO2S2. The zero-order chi connectivity index (χ0) is 15.9. The van der Waals surface area contributed by atoms with Gasteiger partial charge in [0.1, 0.15) is 0 Å². The van der Waals surface area contributed by atoms with Crippen LogP contribution in [0.4, 0.5) is 5.69 Å². The Morgan fingerprint density at radius 3 is 2.68 bits per heavy atom. The molecule has 0 spiro atoms. The van der Waals surface area contributed by atoms with Crippen molar-refractivity contribution >= 4 is 48.7 Å². The monoisotopic (exact) mass is 351 g/mol. The molecule has 3 nitrogen and oxygen atoms in total. The summed E-state index contributed by atoms with van der Waals surface area (Å²) in [5.41, 5.74) is 2.23. The van der Waals surface area contributed by atoms with E-state index in [-0.39, 0.29) is 4.90 Å². The van der Waals surface area contributed by atoms with E-state index in [2.05, 4.69) is 10.1 Å². The fourth-order valence-electron chi connectivity index (χ4n) is 2.31. The lowest BCUT2D eigenvalue weighted by molar-refractivity contribution is 0.600. The Balaban J connectivity index is 2.02. The molecule has 0 radical (unpaired) electrons. The predicted octanol–water partition coefficient (Wildman–Crippen LogP) is 4.97. The molecule has 0 saturated carbocycles. The van der Waals surface area contributed by atoms with Gasteiger partial charge in [0.2, 0.25) is 0 Å². The Hall–Kier alpha value is -1.56. The van der Waals surface area contributed by atoms with Crippen molar-refractivity contribution in [2.24, 2.45) is 0 Å². The number of benzene rings is 2. The van der Waals surface area contributed by atoms with Gasteiger partial charge < -0.3 is 0 Å². The average Bonchev–Trinajstić information content (AvgIpc) is 2.82. The number of sulfonamides is 1. The van der Waals surface area contributed by atoms with Crippen molar-refractivity contribution in [3.8, 4) is 0 Å². The van der Waals surface area contributed by atoms with Crippen LogP contribution in [0, 0.1) is 13.8 Å². The Bertz CT molecular complexity index is 961. The van der Waals surface area contributed by atoms with E-state index in [1.807, 2.05) is 19.1 Å². The van der Waals surface area contributed by atoms with Crippen LogP contribution in [0.5, 0.6) is 0 Å². The predicted molar refractivity (Wildman–Crippen MR) is 93.6 cm³/mol. The van der Waals surface area contributed by atoms with Gasteiger partial charge in [-0.15, -0.1) is 11.3 Å². The first kappa shape index (κ1) is 15.3. The van der Waals surface area contributed by atoms with Gasteiger partial charge in [0.15, 0.2) is 0 Å². The molecule has 22 heavy (non-hydrogen) atoms. The molecule has 3 rings (SSSR count). The maximum Gasteiger partial charge on any atom is 0.262 e. The van der Waals surface area contributed by atoms with Crippen molar-refractivity contribution in [1.29, 1.82) is 0 Å². The molecule has 0 aliphatic carbocycles. The Morgan fingerprint density at radius 1 is 1.14 bits per heavy atom. The van der Waals surface area contributed by atoms with Gasteiger partial charge in [0.25, 0.3) is 10.0 Å². The molecule has 0 aliphatic rings. The second kappa shape index (κ2) is 5.57. The summed E-state index contributed by atoms with van der Waals surface area (Å²) >= 11 is 7.66. The highest BCUT2D eigenvalue weighted by atomic mass is 35.5. The molecule has 1 aromatic heterocycles. The smallest absolute Gasteiger partial charge is 0.262 e. The lowest BCUT2D eigenvalue weighted by Gasteiger charge is -2.11. The number of anilines is 1. The fourth-order valence-corrected chi connectivity index (χ4v) is 4.78. The van der Waals surface area contributed by atoms with Gasteiger partial charge in [0.05, 0.1) is 4.90 Å². The standard InChI is InChI=1S/C16H14ClNO2S2/c1-10-9-21-15-7-6-12(8-13(10)15)18-22(19,20)16-5-3-4-14(17)11(16)2/h3-9,18H,1-2H3. The molecule has 0 saturated heterocycles. The summed E-state index contributed by atoms with van der Waals surface area (Å²) in [7, 11) is -3.66. The Kier molecular flexibility index (Phi) is 3.89. The van der Waals surface area contributed by atoms with Crippen LogP contribution >= 0.6 is 22.9 Å². The molecule has 114 valence electrons. The maximum atomic E-state index is 12.6. The molecule has 3 aromatic rings. The first-order valence-electron chi connectivity index (χ1n) is 6.64. The van der Waals surface area contributed by atoms with Gasteiger partial charge in [-0.2, -0.15) is 0 Å². The SMILES string of the molecule is Cc1c(Cl)cccc1S(=O)(=O)Nc1ccc2scc(C)c2c1. The van der Waals surface area contributed by atoms with Crippen LogP contribution < -0.4 is 4.72 Å². The van der Waals surface area contributed by atoms with E-state index >= 15 is 0 Å². The van der Waals surface area contributed by atoms with E-state index in [0.29, 0.717) is 16.3 Å². The third-order valence-electron chi connectivity index (χ3n) is 3.53. The minimum absolute atomic E-state index is 0.196. The van der Waals surface area contributed by atoms with Gasteiger partial charge in [0, 0.05) is 15.4 Å². The highest BCUT2D eigenvalue weighted by Gasteiger charge is 2.18. The molecule has 0 amide bonds. The van der Waals surface area contributed by atoms with E-state index < -0.39 is 10.0 Å². The third kappa shape index (κ3) is 2.72. The van der Waals surface area contributed by atoms with E-state index in [0.717, 1.165) is 15.6 Å². The number of halogens is 1. The molecule has 1 heterocycles. The van der Waals surface area contributed by atoms with Crippen molar-refractivity contribution in [1.82, 2.24) is 0 Å². The lowest BCUT2D eigenvalue weighted by atomic mass is 10.2. The normalized spacial score (nSPS) is 11.8. The van der Waals surface area contributed by atoms with Crippen LogP contribution in [0.25, 0.3) is 10.1 Å². The zero-order valence-corrected chi connectivity index (χ0v) is 14.4. The Labute approximate surface area is 138 Å². The first-order valence-corrected chi connectivity index (χ1v) is 9.38. The van der Waals surface area contributed by atoms with Crippen LogP contribution in [-0.4, -0.2) is 8.42 Å². The minimum Gasteiger partial charge on any atom is -0.280 e. The number of rotatable bonds is 3. The van der Waals surface area contributed by atoms with Gasteiger partial charge in [-0.1, -0.05) is 17.7 Å². The van der Waals surface area contributed by atoms with Crippen molar-refractivity contribution in [3.05, 3.63) is 57.9 Å². The minimum atomic E-state index is -3.66. The molecule has 2 aromatic carbocycles. The summed E-state index contributed by atoms with van der Waals surface area (Å²) in [5, 5.41) is 3.56. The van der Waals surface area contributed by atoms with E-state index in [1.165, 1.54) is 0 Å². The van der Waals surface area contributed by atoms with Gasteiger partial charge in [-0.25, -0.2) is 8.42 Å². The fraction of sp³-hybridized carbons (Fsp3) is 0.125. The maximum absolute atomic E-state index is 12.6. The summed E-state index contributed by atoms with van der Waals surface area (Å²) in [6.45, 7) is 3.71. The van der Waals surface area contributed by atoms with Crippen LogP contribution in [0.1, 0.15) is 11.1 Å². The van der Waals surface area contributed by atoms with Crippen molar-refractivity contribution in [2.45, 2.75) is 18.7 Å². The van der Waals surface area contributed by atoms with Gasteiger partial charge in [-0.3, -0.25) is 4.72 Å². The van der Waals surface area contributed by atoms with Crippen LogP contribution in [0.2, 0.25) is 5.02 Å². The number of hydrogen-bond acceptors (Lipinski definition) is 3. The van der Waals surface area contributed by atoms with E-state index in [4.69, 9.17) is 11.6 Å². The molecule has 0 bridgehead atoms. The van der Waals surface area contributed by atoms with Crippen molar-refractivity contribution in [3.63, 3.8) is 0 Å². The number of nitrogens with one attached hydrogen (secondary N) is 1. The summed E-state index contributed by atoms with van der Waals surface area (Å²) in [5.74, 6) is 0. The number of hydrogen-bond donors (Lipinski definition) is 1. The largest absolute Gasteiger partial charge is 0.280 e. The quantitative estimate of drug-likeness (QED) is 0.723. The molecule has 1 N–H and O–H groups in total. The highest BCUT2D eigenvalue weighted by molar-refractivity contribution is 7.92. The molecule has 0 atom stereocenters. The molecular weight excluding hydrogens is 338 g/mol. The highest BCUT2D eigenvalue weighted by Crippen LogP contribution is 2.30. The average molecular weight is 352 g/mol. The van der Waals surface area contributed by atoms with Gasteiger partial charge in [-0.05, 0) is 66.1 Å². The van der Waals surface area contributed by atoms with Crippen LogP contribution in [0.15, 0.2) is 46.7 Å². The lowest BCUT2D eigenvalue weighted by Crippen LogP contribution is -2.14. The van der Waals surface area contributed by atoms with Crippen LogP contribution in [-0.2, 0) is 10.0 Å². The molecule has 6 heteroatoms. The summed E-state index contributed by atoms with van der Waals surface area (Å²) in [4.78, 5) is 0.196. The number of aryl methyl sites for hydroxylation is 1. The van der Waals surface area contributed by atoms with E-state index in [1.54, 1.807) is 42.5 Å². The topological polar surface area (TPSA) is 46.2 Å².